The number of nitrogens with one attached hydrogen (secondary N) is 1. The van der Waals surface area contributed by atoms with Crippen LogP contribution in [0.4, 0.5) is 0 Å². The molecule has 0 bridgehead atoms. The Hall–Kier alpha value is -2.94. The fourth-order valence-electron chi connectivity index (χ4n) is 3.23. The van der Waals surface area contributed by atoms with Gasteiger partial charge >= 0.3 is 0 Å². The summed E-state index contributed by atoms with van der Waals surface area (Å²) in [6, 6.07) is 13.3. The van der Waals surface area contributed by atoms with Crippen LogP contribution in [0.1, 0.15) is 34.5 Å². The molecule has 0 amide bonds. The Bertz CT molecular complexity index is 1050. The summed E-state index contributed by atoms with van der Waals surface area (Å²) in [7, 11) is 1.54. The molecule has 0 fully saturated rings. The maximum absolute atomic E-state index is 10.4. The van der Waals surface area contributed by atoms with E-state index in [1.807, 2.05) is 55.5 Å². The Labute approximate surface area is 198 Å². The number of aryl methyl sites for hydroxylation is 2. The summed E-state index contributed by atoms with van der Waals surface area (Å²) >= 11 is 1.53. The molecule has 1 heterocycles. The van der Waals surface area contributed by atoms with Crippen LogP contribution in [-0.4, -0.2) is 52.8 Å². The monoisotopic (exact) mass is 469 g/mol. The second-order valence-electron chi connectivity index (χ2n) is 7.85. The van der Waals surface area contributed by atoms with Gasteiger partial charge in [-0.15, -0.1) is 10.2 Å². The highest BCUT2D eigenvalue weighted by atomic mass is 32.1. The summed E-state index contributed by atoms with van der Waals surface area (Å²) in [5.41, 5.74) is 2.01. The number of phenols is 1. The van der Waals surface area contributed by atoms with Crippen molar-refractivity contribution in [1.82, 2.24) is 15.5 Å². The van der Waals surface area contributed by atoms with Crippen molar-refractivity contribution in [3.8, 4) is 17.2 Å². The van der Waals surface area contributed by atoms with Crippen LogP contribution in [0, 0.1) is 6.92 Å². The number of aliphatic hydroxyl groups excluding tert-OH is 1. The van der Waals surface area contributed by atoms with E-state index >= 15 is 0 Å². The second kappa shape index (κ2) is 12.3. The second-order valence-corrected chi connectivity index (χ2v) is 9.06. The first-order chi connectivity index (χ1) is 15.9. The van der Waals surface area contributed by atoms with Crippen LogP contribution in [0.25, 0.3) is 12.2 Å². The SMILES string of the molecule is COc1cc(CCC(C)NCC(O)COc2ccccc2C=Cc2nnc(C)s2)ccc1O. The normalized spacial score (nSPS) is 13.2. The van der Waals surface area contributed by atoms with Crippen molar-refractivity contribution in [3.05, 3.63) is 63.6 Å². The van der Waals surface area contributed by atoms with Gasteiger partial charge in [-0.25, -0.2) is 0 Å². The lowest BCUT2D eigenvalue weighted by atomic mass is 10.1. The van der Waals surface area contributed by atoms with Gasteiger partial charge in [-0.2, -0.15) is 0 Å². The van der Waals surface area contributed by atoms with Crippen molar-refractivity contribution in [2.75, 3.05) is 20.3 Å². The lowest BCUT2D eigenvalue weighted by Crippen LogP contribution is -2.36. The van der Waals surface area contributed by atoms with Gasteiger partial charge in [0.25, 0.3) is 0 Å². The van der Waals surface area contributed by atoms with Crippen molar-refractivity contribution in [3.63, 3.8) is 0 Å². The van der Waals surface area contributed by atoms with Crippen LogP contribution in [0.2, 0.25) is 0 Å². The van der Waals surface area contributed by atoms with E-state index in [1.54, 1.807) is 13.2 Å². The molecule has 0 spiro atoms. The Kier molecular flexibility index (Phi) is 9.24. The molecule has 2 unspecified atom stereocenters. The first-order valence-electron chi connectivity index (χ1n) is 10.9. The van der Waals surface area contributed by atoms with Crippen molar-refractivity contribution >= 4 is 23.5 Å². The van der Waals surface area contributed by atoms with Gasteiger partial charge in [-0.1, -0.05) is 35.6 Å². The zero-order valence-corrected chi connectivity index (χ0v) is 20.0. The number of aromatic nitrogens is 2. The predicted octanol–water partition coefficient (Wildman–Crippen LogP) is 4.08. The third-order valence-corrected chi connectivity index (χ3v) is 5.91. The van der Waals surface area contributed by atoms with Crippen molar-refractivity contribution in [2.24, 2.45) is 0 Å². The van der Waals surface area contributed by atoms with Gasteiger partial charge in [0.15, 0.2) is 11.5 Å². The Balaban J connectivity index is 1.43. The average molecular weight is 470 g/mol. The molecule has 7 nitrogen and oxygen atoms in total. The maximum Gasteiger partial charge on any atom is 0.160 e. The molecule has 3 rings (SSSR count). The third kappa shape index (κ3) is 7.85. The highest BCUT2D eigenvalue weighted by Crippen LogP contribution is 2.27. The largest absolute Gasteiger partial charge is 0.504 e. The summed E-state index contributed by atoms with van der Waals surface area (Å²) in [5, 5.41) is 33.3. The quantitative estimate of drug-likeness (QED) is 0.368. The van der Waals surface area contributed by atoms with Crippen molar-refractivity contribution in [2.45, 2.75) is 38.8 Å². The number of nitrogens with zero attached hydrogens (tertiary/aromatic N) is 2. The molecular formula is C25H31N3O4S. The molecular weight excluding hydrogens is 438 g/mol. The molecule has 3 aromatic rings. The fourth-order valence-corrected chi connectivity index (χ4v) is 3.84. The van der Waals surface area contributed by atoms with E-state index in [0.717, 1.165) is 34.0 Å². The summed E-state index contributed by atoms with van der Waals surface area (Å²) in [5.74, 6) is 1.33. The lowest BCUT2D eigenvalue weighted by molar-refractivity contribution is 0.104. The predicted molar refractivity (Wildman–Crippen MR) is 132 cm³/mol. The number of methoxy groups -OCH3 is 1. The average Bonchev–Trinajstić information content (AvgIpc) is 3.25. The van der Waals surface area contributed by atoms with Gasteiger partial charge in [0.1, 0.15) is 28.5 Å². The highest BCUT2D eigenvalue weighted by molar-refractivity contribution is 7.12. The molecule has 176 valence electrons. The summed E-state index contributed by atoms with van der Waals surface area (Å²) in [4.78, 5) is 0. The zero-order chi connectivity index (χ0) is 23.6. The third-order valence-electron chi connectivity index (χ3n) is 5.11. The number of aliphatic hydroxyl groups is 1. The zero-order valence-electron chi connectivity index (χ0n) is 19.2. The highest BCUT2D eigenvalue weighted by Gasteiger charge is 2.10. The van der Waals surface area contributed by atoms with E-state index in [0.29, 0.717) is 18.0 Å². The Morgan fingerprint density at radius 3 is 2.70 bits per heavy atom. The lowest BCUT2D eigenvalue weighted by Gasteiger charge is -2.18. The van der Waals surface area contributed by atoms with E-state index in [9.17, 15) is 10.2 Å². The molecule has 0 aliphatic heterocycles. The van der Waals surface area contributed by atoms with Crippen LogP contribution in [-0.2, 0) is 6.42 Å². The van der Waals surface area contributed by atoms with Gasteiger partial charge in [-0.3, -0.25) is 0 Å². The van der Waals surface area contributed by atoms with Crippen molar-refractivity contribution < 1.29 is 19.7 Å². The number of rotatable bonds is 12. The van der Waals surface area contributed by atoms with Crippen LogP contribution < -0.4 is 14.8 Å². The molecule has 3 N–H and O–H groups in total. The molecule has 2 aromatic carbocycles. The number of para-hydroxylation sites is 1. The molecule has 0 saturated heterocycles. The van der Waals surface area contributed by atoms with Crippen molar-refractivity contribution in [1.29, 1.82) is 0 Å². The minimum absolute atomic E-state index is 0.142. The summed E-state index contributed by atoms with van der Waals surface area (Å²) in [6.45, 7) is 4.63. The molecule has 1 aromatic heterocycles. The van der Waals surface area contributed by atoms with E-state index < -0.39 is 6.10 Å². The number of benzene rings is 2. The Morgan fingerprint density at radius 2 is 1.94 bits per heavy atom. The molecule has 0 aliphatic carbocycles. The maximum atomic E-state index is 10.4. The summed E-state index contributed by atoms with van der Waals surface area (Å²) in [6.07, 6.45) is 4.95. The number of hydrogen-bond acceptors (Lipinski definition) is 8. The number of hydrogen-bond donors (Lipinski definition) is 3. The van der Waals surface area contributed by atoms with E-state index in [1.165, 1.54) is 11.3 Å². The topological polar surface area (TPSA) is 96.7 Å². The van der Waals surface area contributed by atoms with Crippen LogP contribution in [0.3, 0.4) is 0 Å². The van der Waals surface area contributed by atoms with Gasteiger partial charge in [-0.05, 0) is 62.6 Å². The van der Waals surface area contributed by atoms with E-state index in [2.05, 4.69) is 22.4 Å². The Morgan fingerprint density at radius 1 is 1.12 bits per heavy atom. The van der Waals surface area contributed by atoms with Crippen LogP contribution >= 0.6 is 11.3 Å². The number of aromatic hydroxyl groups is 1. The minimum atomic E-state index is -0.635. The van der Waals surface area contributed by atoms with E-state index in [-0.39, 0.29) is 18.4 Å². The summed E-state index contributed by atoms with van der Waals surface area (Å²) < 4.78 is 11.0. The molecule has 0 saturated carbocycles. The molecule has 0 aliphatic rings. The first kappa shape index (κ1) is 24.7. The van der Waals surface area contributed by atoms with Crippen LogP contribution in [0.5, 0.6) is 17.2 Å². The number of ether oxygens (including phenoxy) is 2. The first-order valence-corrected chi connectivity index (χ1v) is 11.7. The van der Waals surface area contributed by atoms with Gasteiger partial charge in [0.2, 0.25) is 0 Å². The van der Waals surface area contributed by atoms with Gasteiger partial charge in [0, 0.05) is 18.2 Å². The molecule has 0 radical (unpaired) electrons. The number of phenolic OH excluding ortho intramolecular Hbond substituents is 1. The van der Waals surface area contributed by atoms with Gasteiger partial charge < -0.3 is 25.0 Å². The minimum Gasteiger partial charge on any atom is -0.504 e. The smallest absolute Gasteiger partial charge is 0.160 e. The fraction of sp³-hybridized carbons (Fsp3) is 0.360. The standard InChI is InChI=1S/C25H31N3O4S/c1-17(8-9-19-10-12-22(30)24(14-19)31-3)26-15-21(29)16-32-23-7-5-4-6-20(23)11-13-25-28-27-18(2)33-25/h4-7,10-14,17,21,26,29-30H,8-9,15-16H2,1-3H3. The van der Waals surface area contributed by atoms with Gasteiger partial charge in [0.05, 0.1) is 7.11 Å². The molecule has 33 heavy (non-hydrogen) atoms. The van der Waals surface area contributed by atoms with Crippen LogP contribution in [0.15, 0.2) is 42.5 Å². The van der Waals surface area contributed by atoms with E-state index in [4.69, 9.17) is 9.47 Å². The molecule has 2 atom stereocenters. The molecule has 8 heteroatoms.